The predicted octanol–water partition coefficient (Wildman–Crippen LogP) is 4.78. The summed E-state index contributed by atoms with van der Waals surface area (Å²) < 4.78 is 48.9. The lowest BCUT2D eigenvalue weighted by Gasteiger charge is -2.12. The van der Waals surface area contributed by atoms with Crippen LogP contribution >= 0.6 is 11.6 Å². The van der Waals surface area contributed by atoms with Gasteiger partial charge in [0.15, 0.2) is 6.61 Å². The highest BCUT2D eigenvalue weighted by Crippen LogP contribution is 2.36. The molecule has 1 amide bonds. The Morgan fingerprint density at radius 1 is 1.08 bits per heavy atom. The molecule has 0 saturated heterocycles. The summed E-state index contributed by atoms with van der Waals surface area (Å²) in [7, 11) is 0. The monoisotopic (exact) mass is 373 g/mol. The highest BCUT2D eigenvalue weighted by molar-refractivity contribution is 6.31. The molecule has 0 bridgehead atoms. The number of halogens is 4. The molecule has 8 heteroatoms. The summed E-state index contributed by atoms with van der Waals surface area (Å²) in [5.74, 6) is 0.509. The van der Waals surface area contributed by atoms with E-state index in [-0.39, 0.29) is 12.3 Å². The average molecular weight is 374 g/mol. The molecule has 0 aliphatic carbocycles. The van der Waals surface area contributed by atoms with Gasteiger partial charge in [-0.25, -0.2) is 0 Å². The molecule has 0 aromatic heterocycles. The molecule has 0 aliphatic rings. The third-order valence-electron chi connectivity index (χ3n) is 3.06. The average Bonchev–Trinajstić information content (AvgIpc) is 2.55. The van der Waals surface area contributed by atoms with Crippen LogP contribution in [-0.2, 0) is 11.0 Å². The van der Waals surface area contributed by atoms with Gasteiger partial charge in [0, 0.05) is 5.69 Å². The van der Waals surface area contributed by atoms with Crippen molar-refractivity contribution in [2.75, 3.05) is 18.5 Å². The Hall–Kier alpha value is -2.41. The Balaban J connectivity index is 1.94. The Kier molecular flexibility index (Phi) is 6.14. The van der Waals surface area contributed by atoms with Gasteiger partial charge >= 0.3 is 6.18 Å². The van der Waals surface area contributed by atoms with Crippen LogP contribution in [0.4, 0.5) is 18.9 Å². The maximum Gasteiger partial charge on any atom is 0.417 e. The van der Waals surface area contributed by atoms with Gasteiger partial charge in [-0.3, -0.25) is 4.79 Å². The first-order valence-corrected chi connectivity index (χ1v) is 7.69. The summed E-state index contributed by atoms with van der Waals surface area (Å²) in [5, 5.41) is 1.90. The highest BCUT2D eigenvalue weighted by Gasteiger charge is 2.33. The topological polar surface area (TPSA) is 47.6 Å². The molecule has 2 aromatic rings. The number of anilines is 1. The summed E-state index contributed by atoms with van der Waals surface area (Å²) in [4.78, 5) is 11.8. The van der Waals surface area contributed by atoms with Gasteiger partial charge < -0.3 is 14.8 Å². The van der Waals surface area contributed by atoms with Gasteiger partial charge in [0.25, 0.3) is 5.91 Å². The second kappa shape index (κ2) is 8.11. The lowest BCUT2D eigenvalue weighted by molar-refractivity contribution is -0.137. The molecule has 0 aliphatic heterocycles. The number of carbonyl (C=O) groups excluding carboxylic acids is 1. The van der Waals surface area contributed by atoms with Crippen LogP contribution in [0.25, 0.3) is 0 Å². The predicted molar refractivity (Wildman–Crippen MR) is 88.2 cm³/mol. The first kappa shape index (κ1) is 18.9. The molecule has 2 aromatic carbocycles. The van der Waals surface area contributed by atoms with Crippen LogP contribution < -0.4 is 14.8 Å². The van der Waals surface area contributed by atoms with Crippen molar-refractivity contribution in [3.63, 3.8) is 0 Å². The molecule has 4 nitrogen and oxygen atoms in total. The molecule has 1 N–H and O–H groups in total. The number of hydrogen-bond donors (Lipinski definition) is 1. The van der Waals surface area contributed by atoms with Gasteiger partial charge in [-0.2, -0.15) is 13.2 Å². The zero-order valence-corrected chi connectivity index (χ0v) is 13.9. The van der Waals surface area contributed by atoms with E-state index < -0.39 is 22.7 Å². The van der Waals surface area contributed by atoms with Crippen molar-refractivity contribution in [2.24, 2.45) is 0 Å². The molecular formula is C17H15ClF3NO3. The van der Waals surface area contributed by atoms with Crippen molar-refractivity contribution in [1.82, 2.24) is 0 Å². The Bertz CT molecular complexity index is 733. The van der Waals surface area contributed by atoms with Crippen LogP contribution in [0.3, 0.4) is 0 Å². The summed E-state index contributed by atoms with van der Waals surface area (Å²) in [6.45, 7) is 2.04. The molecule has 0 unspecified atom stereocenters. The van der Waals surface area contributed by atoms with Gasteiger partial charge in [0.05, 0.1) is 17.2 Å². The maximum atomic E-state index is 12.8. The van der Waals surface area contributed by atoms with Crippen molar-refractivity contribution in [2.45, 2.75) is 13.1 Å². The number of amides is 1. The zero-order chi connectivity index (χ0) is 18.4. The molecular weight excluding hydrogens is 359 g/mol. The highest BCUT2D eigenvalue weighted by atomic mass is 35.5. The Morgan fingerprint density at radius 2 is 1.68 bits per heavy atom. The van der Waals surface area contributed by atoms with E-state index in [4.69, 9.17) is 21.1 Å². The van der Waals surface area contributed by atoms with Crippen LogP contribution in [0.15, 0.2) is 42.5 Å². The summed E-state index contributed by atoms with van der Waals surface area (Å²) in [5.41, 5.74) is -1.03. The van der Waals surface area contributed by atoms with Crippen LogP contribution in [0, 0.1) is 0 Å². The Morgan fingerprint density at radius 3 is 2.24 bits per heavy atom. The van der Waals surface area contributed by atoms with Crippen LogP contribution in [0.1, 0.15) is 12.5 Å². The van der Waals surface area contributed by atoms with Crippen molar-refractivity contribution in [1.29, 1.82) is 0 Å². The van der Waals surface area contributed by atoms with E-state index in [9.17, 15) is 18.0 Å². The first-order chi connectivity index (χ1) is 11.8. The number of benzene rings is 2. The molecule has 0 atom stereocenters. The Labute approximate surface area is 147 Å². The van der Waals surface area contributed by atoms with E-state index in [2.05, 4.69) is 5.32 Å². The fourth-order valence-corrected chi connectivity index (χ4v) is 2.19. The lowest BCUT2D eigenvalue weighted by Crippen LogP contribution is -2.20. The maximum absolute atomic E-state index is 12.8. The summed E-state index contributed by atoms with van der Waals surface area (Å²) >= 11 is 5.53. The van der Waals surface area contributed by atoms with Gasteiger partial charge in [0.1, 0.15) is 11.5 Å². The first-order valence-electron chi connectivity index (χ1n) is 7.32. The van der Waals surface area contributed by atoms with Gasteiger partial charge in [-0.05, 0) is 49.4 Å². The second-order valence-electron chi connectivity index (χ2n) is 4.93. The molecule has 0 saturated carbocycles. The number of rotatable bonds is 6. The van der Waals surface area contributed by atoms with E-state index in [0.717, 1.165) is 12.1 Å². The van der Waals surface area contributed by atoms with E-state index in [1.165, 1.54) is 6.07 Å². The molecule has 25 heavy (non-hydrogen) atoms. The van der Waals surface area contributed by atoms with Crippen LogP contribution in [0.5, 0.6) is 11.5 Å². The fraction of sp³-hybridized carbons (Fsp3) is 0.235. The third-order valence-corrected chi connectivity index (χ3v) is 3.39. The van der Waals surface area contributed by atoms with E-state index in [1.54, 1.807) is 24.3 Å². The summed E-state index contributed by atoms with van der Waals surface area (Å²) in [6.07, 6.45) is -4.60. The number of ether oxygens (including phenoxy) is 2. The molecule has 0 fully saturated rings. The largest absolute Gasteiger partial charge is 0.494 e. The minimum atomic E-state index is -4.60. The normalized spacial score (nSPS) is 11.1. The fourth-order valence-electron chi connectivity index (χ4n) is 1.96. The minimum Gasteiger partial charge on any atom is -0.494 e. The van der Waals surface area contributed by atoms with E-state index in [1.807, 2.05) is 6.92 Å². The van der Waals surface area contributed by atoms with Crippen molar-refractivity contribution >= 4 is 23.2 Å². The van der Waals surface area contributed by atoms with Crippen molar-refractivity contribution in [3.05, 3.63) is 53.1 Å². The van der Waals surface area contributed by atoms with Gasteiger partial charge in [-0.1, -0.05) is 11.6 Å². The molecule has 2 rings (SSSR count). The van der Waals surface area contributed by atoms with Crippen molar-refractivity contribution < 1.29 is 27.4 Å². The third kappa shape index (κ3) is 5.56. The van der Waals surface area contributed by atoms with E-state index in [0.29, 0.717) is 18.1 Å². The second-order valence-corrected chi connectivity index (χ2v) is 5.34. The molecule has 0 heterocycles. The quantitative estimate of drug-likeness (QED) is 0.793. The van der Waals surface area contributed by atoms with Gasteiger partial charge in [0.2, 0.25) is 0 Å². The molecule has 0 radical (unpaired) electrons. The van der Waals surface area contributed by atoms with E-state index >= 15 is 0 Å². The SMILES string of the molecule is CCOc1ccc(OCC(=O)Nc2ccc(Cl)c(C(F)(F)F)c2)cc1. The number of hydrogen-bond acceptors (Lipinski definition) is 3. The zero-order valence-electron chi connectivity index (χ0n) is 13.2. The summed E-state index contributed by atoms with van der Waals surface area (Å²) in [6, 6.07) is 9.76. The number of alkyl halides is 3. The standard InChI is InChI=1S/C17H15ClF3NO3/c1-2-24-12-4-6-13(7-5-12)25-10-16(23)22-11-3-8-15(18)14(9-11)17(19,20)21/h3-9H,2,10H2,1H3,(H,22,23). The van der Waals surface area contributed by atoms with Crippen LogP contribution in [-0.4, -0.2) is 19.1 Å². The number of carbonyl (C=O) groups is 1. The molecule has 134 valence electrons. The number of nitrogens with one attached hydrogen (secondary N) is 1. The van der Waals surface area contributed by atoms with Gasteiger partial charge in [-0.15, -0.1) is 0 Å². The van der Waals surface area contributed by atoms with Crippen molar-refractivity contribution in [3.8, 4) is 11.5 Å². The molecule has 0 spiro atoms. The smallest absolute Gasteiger partial charge is 0.417 e. The lowest BCUT2D eigenvalue weighted by atomic mass is 10.2. The minimum absolute atomic E-state index is 0.0166. The van der Waals surface area contributed by atoms with Crippen LogP contribution in [0.2, 0.25) is 5.02 Å².